The number of rotatable bonds is 5. The van der Waals surface area contributed by atoms with Gasteiger partial charge in [0.1, 0.15) is 5.75 Å². The Labute approximate surface area is 171 Å². The molecular formula is C24H27N3O2. The van der Waals surface area contributed by atoms with Crippen LogP contribution >= 0.6 is 0 Å². The number of pyridine rings is 1. The second-order valence-electron chi connectivity index (χ2n) is 7.72. The topological polar surface area (TPSA) is 54.5 Å². The number of benzene rings is 2. The minimum atomic E-state index is -0.0301. The molecule has 0 spiro atoms. The summed E-state index contributed by atoms with van der Waals surface area (Å²) in [6, 6.07) is 18.1. The van der Waals surface area contributed by atoms with Gasteiger partial charge in [0.25, 0.3) is 5.91 Å². The molecule has 1 fully saturated rings. The second-order valence-corrected chi connectivity index (χ2v) is 7.72. The van der Waals surface area contributed by atoms with E-state index in [9.17, 15) is 4.79 Å². The van der Waals surface area contributed by atoms with Crippen molar-refractivity contribution in [3.63, 3.8) is 0 Å². The molecule has 1 saturated heterocycles. The van der Waals surface area contributed by atoms with Crippen molar-refractivity contribution >= 4 is 16.8 Å². The van der Waals surface area contributed by atoms with Crippen molar-refractivity contribution in [2.75, 3.05) is 27.2 Å². The van der Waals surface area contributed by atoms with Gasteiger partial charge in [0.05, 0.1) is 12.6 Å². The van der Waals surface area contributed by atoms with Crippen LogP contribution in [0, 0.1) is 5.92 Å². The lowest BCUT2D eigenvalue weighted by Gasteiger charge is -2.39. The van der Waals surface area contributed by atoms with E-state index in [0.29, 0.717) is 18.0 Å². The van der Waals surface area contributed by atoms with Crippen LogP contribution in [0.3, 0.4) is 0 Å². The van der Waals surface area contributed by atoms with Crippen molar-refractivity contribution in [2.45, 2.75) is 18.9 Å². The van der Waals surface area contributed by atoms with Gasteiger partial charge in [0.2, 0.25) is 0 Å². The van der Waals surface area contributed by atoms with Crippen molar-refractivity contribution in [1.82, 2.24) is 15.2 Å². The van der Waals surface area contributed by atoms with E-state index in [1.807, 2.05) is 42.5 Å². The molecule has 2 aromatic carbocycles. The van der Waals surface area contributed by atoms with Crippen molar-refractivity contribution in [3.8, 4) is 5.75 Å². The van der Waals surface area contributed by atoms with E-state index in [1.165, 1.54) is 5.56 Å². The summed E-state index contributed by atoms with van der Waals surface area (Å²) in [4.78, 5) is 19.5. The number of carbonyl (C=O) groups is 1. The molecular weight excluding hydrogens is 362 g/mol. The summed E-state index contributed by atoms with van der Waals surface area (Å²) in [6.45, 7) is 1.73. The van der Waals surface area contributed by atoms with E-state index in [4.69, 9.17) is 4.74 Å². The largest absolute Gasteiger partial charge is 0.497 e. The second kappa shape index (κ2) is 8.62. The van der Waals surface area contributed by atoms with E-state index < -0.39 is 0 Å². The van der Waals surface area contributed by atoms with E-state index >= 15 is 0 Å². The standard InChI is InChI=1S/C24H27N3O2/c1-27-14-4-6-20(23(27)17-7-10-21(29-2)11-8-17)16-26-24(28)19-9-12-22-18(15-19)5-3-13-25-22/h3,5,7-13,15,20,23H,4,6,14,16H2,1-2H3,(H,26,28). The third-order valence-corrected chi connectivity index (χ3v) is 5.85. The number of nitrogens with one attached hydrogen (secondary N) is 1. The van der Waals surface area contributed by atoms with Crippen molar-refractivity contribution in [2.24, 2.45) is 5.92 Å². The minimum Gasteiger partial charge on any atom is -0.497 e. The van der Waals surface area contributed by atoms with E-state index in [2.05, 4.69) is 34.4 Å². The molecule has 1 N–H and O–H groups in total. The van der Waals surface area contributed by atoms with Gasteiger partial charge in [-0.3, -0.25) is 14.7 Å². The van der Waals surface area contributed by atoms with Crippen LogP contribution in [0.2, 0.25) is 0 Å². The summed E-state index contributed by atoms with van der Waals surface area (Å²) in [5.74, 6) is 1.20. The molecule has 5 heteroatoms. The van der Waals surface area contributed by atoms with Crippen molar-refractivity contribution in [1.29, 1.82) is 0 Å². The quantitative estimate of drug-likeness (QED) is 0.715. The number of piperidine rings is 1. The Kier molecular flexibility index (Phi) is 5.76. The first-order valence-corrected chi connectivity index (χ1v) is 10.1. The SMILES string of the molecule is COc1ccc(C2C(CNC(=O)c3ccc4ncccc4c3)CCCN2C)cc1. The summed E-state index contributed by atoms with van der Waals surface area (Å²) in [7, 11) is 3.85. The molecule has 0 saturated carbocycles. The number of methoxy groups -OCH3 is 1. The maximum absolute atomic E-state index is 12.8. The van der Waals surface area contributed by atoms with Crippen molar-refractivity contribution < 1.29 is 9.53 Å². The summed E-state index contributed by atoms with van der Waals surface area (Å²) >= 11 is 0. The number of fused-ring (bicyclic) bond motifs is 1. The van der Waals surface area contributed by atoms with Gasteiger partial charge in [-0.25, -0.2) is 0 Å². The average molecular weight is 389 g/mol. The lowest BCUT2D eigenvalue weighted by Crippen LogP contribution is -2.41. The predicted molar refractivity (Wildman–Crippen MR) is 115 cm³/mol. The maximum Gasteiger partial charge on any atom is 0.251 e. The van der Waals surface area contributed by atoms with Crippen LogP contribution < -0.4 is 10.1 Å². The molecule has 1 amide bonds. The molecule has 0 bridgehead atoms. The number of aromatic nitrogens is 1. The molecule has 1 aromatic heterocycles. The molecule has 2 heterocycles. The number of hydrogen-bond donors (Lipinski definition) is 1. The van der Waals surface area contributed by atoms with Crippen LogP contribution in [0.25, 0.3) is 10.9 Å². The summed E-state index contributed by atoms with van der Waals surface area (Å²) < 4.78 is 5.29. The summed E-state index contributed by atoms with van der Waals surface area (Å²) in [5, 5.41) is 4.15. The van der Waals surface area contributed by atoms with Gasteiger partial charge in [-0.2, -0.15) is 0 Å². The highest BCUT2D eigenvalue weighted by molar-refractivity contribution is 5.97. The number of ether oxygens (including phenoxy) is 1. The van der Waals surface area contributed by atoms with Crippen LogP contribution in [0.4, 0.5) is 0 Å². The normalized spacial score (nSPS) is 19.8. The monoisotopic (exact) mass is 389 g/mol. The molecule has 0 radical (unpaired) electrons. The highest BCUT2D eigenvalue weighted by Crippen LogP contribution is 2.35. The fourth-order valence-corrected chi connectivity index (χ4v) is 4.34. The third-order valence-electron chi connectivity index (χ3n) is 5.85. The zero-order valence-corrected chi connectivity index (χ0v) is 17.0. The van der Waals surface area contributed by atoms with Crippen LogP contribution in [0.1, 0.15) is 34.8 Å². The predicted octanol–water partition coefficient (Wildman–Crippen LogP) is 4.06. The number of hydrogen-bond acceptors (Lipinski definition) is 4. The lowest BCUT2D eigenvalue weighted by atomic mass is 9.85. The molecule has 1 aliphatic heterocycles. The molecule has 2 atom stereocenters. The van der Waals surface area contributed by atoms with E-state index in [1.54, 1.807) is 13.3 Å². The Balaban J connectivity index is 1.47. The first-order valence-electron chi connectivity index (χ1n) is 10.1. The highest BCUT2D eigenvalue weighted by Gasteiger charge is 2.30. The van der Waals surface area contributed by atoms with Gasteiger partial charge < -0.3 is 10.1 Å². The molecule has 2 unspecified atom stereocenters. The van der Waals surface area contributed by atoms with Crippen LogP contribution in [0.15, 0.2) is 60.8 Å². The third kappa shape index (κ3) is 4.25. The summed E-state index contributed by atoms with van der Waals surface area (Å²) in [6.07, 6.45) is 4.01. The Morgan fingerprint density at radius 3 is 2.83 bits per heavy atom. The average Bonchev–Trinajstić information content (AvgIpc) is 2.77. The van der Waals surface area contributed by atoms with Crippen molar-refractivity contribution in [3.05, 3.63) is 71.9 Å². The van der Waals surface area contributed by atoms with Gasteiger partial charge in [-0.1, -0.05) is 18.2 Å². The molecule has 1 aliphatic rings. The zero-order valence-electron chi connectivity index (χ0n) is 17.0. The Morgan fingerprint density at radius 2 is 2.03 bits per heavy atom. The van der Waals surface area contributed by atoms with Gasteiger partial charge in [0.15, 0.2) is 0 Å². The Morgan fingerprint density at radius 1 is 1.21 bits per heavy atom. The van der Waals surface area contributed by atoms with E-state index in [-0.39, 0.29) is 11.9 Å². The van der Waals surface area contributed by atoms with Gasteiger partial charge in [0, 0.05) is 29.7 Å². The lowest BCUT2D eigenvalue weighted by molar-refractivity contribution is 0.0891. The molecule has 0 aliphatic carbocycles. The van der Waals surface area contributed by atoms with Gasteiger partial charge >= 0.3 is 0 Å². The molecule has 29 heavy (non-hydrogen) atoms. The maximum atomic E-state index is 12.8. The summed E-state index contributed by atoms with van der Waals surface area (Å²) in [5.41, 5.74) is 2.84. The minimum absolute atomic E-state index is 0.0301. The van der Waals surface area contributed by atoms with Gasteiger partial charge in [-0.05, 0) is 74.3 Å². The fraction of sp³-hybridized carbons (Fsp3) is 0.333. The number of carbonyl (C=O) groups excluding carboxylic acids is 1. The Hall–Kier alpha value is -2.92. The molecule has 5 nitrogen and oxygen atoms in total. The van der Waals surface area contributed by atoms with E-state index in [0.717, 1.165) is 36.0 Å². The molecule has 4 rings (SSSR count). The van der Waals surface area contributed by atoms with Crippen LogP contribution in [-0.2, 0) is 0 Å². The molecule has 150 valence electrons. The fourth-order valence-electron chi connectivity index (χ4n) is 4.34. The van der Waals surface area contributed by atoms with Crippen LogP contribution in [-0.4, -0.2) is 43.0 Å². The molecule has 3 aromatic rings. The first kappa shape index (κ1) is 19.4. The Bertz CT molecular complexity index is 987. The highest BCUT2D eigenvalue weighted by atomic mass is 16.5. The number of amides is 1. The number of likely N-dealkylation sites (tertiary alicyclic amines) is 1. The van der Waals surface area contributed by atoms with Gasteiger partial charge in [-0.15, -0.1) is 0 Å². The van der Waals surface area contributed by atoms with Crippen LogP contribution in [0.5, 0.6) is 5.75 Å². The smallest absolute Gasteiger partial charge is 0.251 e. The zero-order chi connectivity index (χ0) is 20.2. The number of nitrogens with zero attached hydrogens (tertiary/aromatic N) is 2. The first-order chi connectivity index (χ1) is 14.2.